The Kier molecular flexibility index (Phi) is 8.78. The molecule has 0 fully saturated rings. The standard InChI is InChI=1S/C11H21NO/c1-3-7-11(13)8-5-6-10-12-9-4-2/h5-6,8,12-13H,3-4,7,9-10H2,1-2H3/b6-5+,11-8+. The average molecular weight is 183 g/mol. The summed E-state index contributed by atoms with van der Waals surface area (Å²) in [5.41, 5.74) is 0. The topological polar surface area (TPSA) is 32.3 Å². The van der Waals surface area contributed by atoms with E-state index in [1.807, 2.05) is 12.2 Å². The lowest BCUT2D eigenvalue weighted by atomic mass is 10.2. The Labute approximate surface area is 81.4 Å². The van der Waals surface area contributed by atoms with E-state index in [0.717, 1.165) is 32.4 Å². The number of hydrogen-bond acceptors (Lipinski definition) is 2. The third-order valence-electron chi connectivity index (χ3n) is 1.62. The van der Waals surface area contributed by atoms with Crippen LogP contribution in [0.1, 0.15) is 33.1 Å². The third kappa shape index (κ3) is 9.15. The van der Waals surface area contributed by atoms with Crippen LogP contribution in [-0.4, -0.2) is 18.2 Å². The molecule has 0 aliphatic rings. The van der Waals surface area contributed by atoms with E-state index in [-0.39, 0.29) is 0 Å². The number of allylic oxidation sites excluding steroid dienone is 3. The molecular formula is C11H21NO. The minimum absolute atomic E-state index is 0.467. The van der Waals surface area contributed by atoms with Crippen LogP contribution < -0.4 is 5.32 Å². The molecule has 0 aromatic rings. The van der Waals surface area contributed by atoms with Crippen molar-refractivity contribution in [1.82, 2.24) is 5.32 Å². The Morgan fingerprint density at radius 3 is 2.69 bits per heavy atom. The van der Waals surface area contributed by atoms with Gasteiger partial charge in [0.2, 0.25) is 0 Å². The molecule has 0 saturated heterocycles. The number of aliphatic hydroxyl groups excluding tert-OH is 1. The van der Waals surface area contributed by atoms with E-state index >= 15 is 0 Å². The maximum absolute atomic E-state index is 9.24. The maximum atomic E-state index is 9.24. The molecule has 0 unspecified atom stereocenters. The fourth-order valence-corrected chi connectivity index (χ4v) is 0.949. The zero-order valence-corrected chi connectivity index (χ0v) is 8.71. The van der Waals surface area contributed by atoms with Gasteiger partial charge in [0.25, 0.3) is 0 Å². The smallest absolute Gasteiger partial charge is 0.0922 e. The first-order valence-corrected chi connectivity index (χ1v) is 5.06. The summed E-state index contributed by atoms with van der Waals surface area (Å²) in [6.07, 6.45) is 8.59. The molecule has 0 rings (SSSR count). The van der Waals surface area contributed by atoms with E-state index in [1.165, 1.54) is 0 Å². The van der Waals surface area contributed by atoms with Crippen LogP contribution in [0.15, 0.2) is 24.0 Å². The average Bonchev–Trinajstić information content (AvgIpc) is 2.11. The summed E-state index contributed by atoms with van der Waals surface area (Å²) in [5.74, 6) is 0.467. The van der Waals surface area contributed by atoms with Crippen molar-refractivity contribution in [1.29, 1.82) is 0 Å². The van der Waals surface area contributed by atoms with Gasteiger partial charge in [-0.3, -0.25) is 0 Å². The highest BCUT2D eigenvalue weighted by molar-refractivity contribution is 5.06. The minimum Gasteiger partial charge on any atom is -0.512 e. The minimum atomic E-state index is 0.467. The van der Waals surface area contributed by atoms with Crippen molar-refractivity contribution in [2.75, 3.05) is 13.1 Å². The van der Waals surface area contributed by atoms with Crippen LogP contribution >= 0.6 is 0 Å². The van der Waals surface area contributed by atoms with Gasteiger partial charge in [-0.05, 0) is 25.5 Å². The van der Waals surface area contributed by atoms with Crippen molar-refractivity contribution >= 4 is 0 Å². The van der Waals surface area contributed by atoms with Crippen LogP contribution in [0, 0.1) is 0 Å². The molecule has 2 N–H and O–H groups in total. The highest BCUT2D eigenvalue weighted by atomic mass is 16.3. The summed E-state index contributed by atoms with van der Waals surface area (Å²) in [6.45, 7) is 6.12. The van der Waals surface area contributed by atoms with Crippen molar-refractivity contribution in [3.05, 3.63) is 24.0 Å². The Morgan fingerprint density at radius 2 is 2.08 bits per heavy atom. The largest absolute Gasteiger partial charge is 0.512 e. The highest BCUT2D eigenvalue weighted by Gasteiger charge is 1.85. The second-order valence-electron chi connectivity index (χ2n) is 3.04. The first kappa shape index (κ1) is 12.2. The Balaban J connectivity index is 3.43. The van der Waals surface area contributed by atoms with Gasteiger partial charge < -0.3 is 10.4 Å². The van der Waals surface area contributed by atoms with Crippen molar-refractivity contribution in [2.45, 2.75) is 33.1 Å². The van der Waals surface area contributed by atoms with Gasteiger partial charge in [0.05, 0.1) is 5.76 Å². The van der Waals surface area contributed by atoms with Crippen molar-refractivity contribution in [2.24, 2.45) is 0 Å². The number of hydrogen-bond donors (Lipinski definition) is 2. The molecule has 0 radical (unpaired) electrons. The van der Waals surface area contributed by atoms with E-state index in [4.69, 9.17) is 0 Å². The molecular weight excluding hydrogens is 162 g/mol. The molecule has 0 aliphatic heterocycles. The van der Waals surface area contributed by atoms with Crippen LogP contribution in [0.25, 0.3) is 0 Å². The second-order valence-corrected chi connectivity index (χ2v) is 3.04. The first-order valence-electron chi connectivity index (χ1n) is 5.06. The first-order chi connectivity index (χ1) is 6.31. The van der Waals surface area contributed by atoms with Crippen LogP contribution in [-0.2, 0) is 0 Å². The SMILES string of the molecule is CCCNC/C=C/C=C(/O)CCC. The summed E-state index contributed by atoms with van der Waals surface area (Å²) >= 11 is 0. The maximum Gasteiger partial charge on any atom is 0.0922 e. The molecule has 0 spiro atoms. The molecule has 0 heterocycles. The molecule has 13 heavy (non-hydrogen) atoms. The third-order valence-corrected chi connectivity index (χ3v) is 1.62. The monoisotopic (exact) mass is 183 g/mol. The van der Waals surface area contributed by atoms with Crippen LogP contribution in [0.4, 0.5) is 0 Å². The normalized spacial score (nSPS) is 12.6. The predicted octanol–water partition coefficient (Wildman–Crippen LogP) is 2.78. The van der Waals surface area contributed by atoms with E-state index in [9.17, 15) is 5.11 Å². The fraction of sp³-hybridized carbons (Fsp3) is 0.636. The van der Waals surface area contributed by atoms with Gasteiger partial charge in [-0.15, -0.1) is 0 Å². The van der Waals surface area contributed by atoms with Crippen LogP contribution in [0.3, 0.4) is 0 Å². The molecule has 0 saturated carbocycles. The zero-order valence-electron chi connectivity index (χ0n) is 8.71. The lowest BCUT2D eigenvalue weighted by molar-refractivity contribution is 0.387. The molecule has 0 bridgehead atoms. The highest BCUT2D eigenvalue weighted by Crippen LogP contribution is 1.99. The molecule has 0 aromatic heterocycles. The van der Waals surface area contributed by atoms with E-state index < -0.39 is 0 Å². The molecule has 2 nitrogen and oxygen atoms in total. The Bertz CT molecular complexity index is 161. The molecule has 0 amide bonds. The van der Waals surface area contributed by atoms with E-state index in [2.05, 4.69) is 19.2 Å². The van der Waals surface area contributed by atoms with Gasteiger partial charge in [0.15, 0.2) is 0 Å². The fourth-order valence-electron chi connectivity index (χ4n) is 0.949. The lowest BCUT2D eigenvalue weighted by Crippen LogP contribution is -2.13. The van der Waals surface area contributed by atoms with Crippen molar-refractivity contribution in [3.8, 4) is 0 Å². The molecule has 0 atom stereocenters. The van der Waals surface area contributed by atoms with Gasteiger partial charge in [-0.2, -0.15) is 0 Å². The number of aliphatic hydroxyl groups is 1. The molecule has 76 valence electrons. The molecule has 0 aliphatic carbocycles. The summed E-state index contributed by atoms with van der Waals surface area (Å²) in [4.78, 5) is 0. The predicted molar refractivity (Wildman–Crippen MR) is 57.9 cm³/mol. The number of nitrogens with one attached hydrogen (secondary N) is 1. The lowest BCUT2D eigenvalue weighted by Gasteiger charge is -1.95. The summed E-state index contributed by atoms with van der Waals surface area (Å²) in [6, 6.07) is 0. The van der Waals surface area contributed by atoms with E-state index in [1.54, 1.807) is 6.08 Å². The number of rotatable bonds is 7. The van der Waals surface area contributed by atoms with Crippen molar-refractivity contribution in [3.63, 3.8) is 0 Å². The van der Waals surface area contributed by atoms with Crippen LogP contribution in [0.5, 0.6) is 0 Å². The molecule has 0 aromatic carbocycles. The molecule has 2 heteroatoms. The Hall–Kier alpha value is -0.760. The van der Waals surface area contributed by atoms with Gasteiger partial charge in [-0.25, -0.2) is 0 Å². The van der Waals surface area contributed by atoms with Gasteiger partial charge >= 0.3 is 0 Å². The quantitative estimate of drug-likeness (QED) is 0.361. The van der Waals surface area contributed by atoms with Gasteiger partial charge in [-0.1, -0.05) is 26.0 Å². The van der Waals surface area contributed by atoms with E-state index in [0.29, 0.717) is 5.76 Å². The summed E-state index contributed by atoms with van der Waals surface area (Å²) in [5, 5.41) is 12.5. The van der Waals surface area contributed by atoms with Gasteiger partial charge in [0, 0.05) is 13.0 Å². The van der Waals surface area contributed by atoms with Crippen molar-refractivity contribution < 1.29 is 5.11 Å². The Morgan fingerprint density at radius 1 is 1.31 bits per heavy atom. The van der Waals surface area contributed by atoms with Gasteiger partial charge in [0.1, 0.15) is 0 Å². The summed E-state index contributed by atoms with van der Waals surface area (Å²) < 4.78 is 0. The van der Waals surface area contributed by atoms with Crippen LogP contribution in [0.2, 0.25) is 0 Å². The zero-order chi connectivity index (χ0) is 9.94. The summed E-state index contributed by atoms with van der Waals surface area (Å²) in [7, 11) is 0. The second kappa shape index (κ2) is 9.33.